The van der Waals surface area contributed by atoms with Gasteiger partial charge in [-0.25, -0.2) is 0 Å². The minimum absolute atomic E-state index is 0.0552. The maximum absolute atomic E-state index is 12.5. The second-order valence-corrected chi connectivity index (χ2v) is 6.24. The van der Waals surface area contributed by atoms with Crippen LogP contribution in [0.25, 0.3) is 11.0 Å². The number of hydrogen-bond acceptors (Lipinski definition) is 4. The van der Waals surface area contributed by atoms with Crippen molar-refractivity contribution in [1.82, 2.24) is 4.90 Å². The van der Waals surface area contributed by atoms with E-state index in [4.69, 9.17) is 4.42 Å². The van der Waals surface area contributed by atoms with Crippen molar-refractivity contribution in [3.63, 3.8) is 0 Å². The SMILES string of the molecule is Cc1ccc2oc(C(=O)C3CSCCN3C)cc2c1. The zero-order chi connectivity index (χ0) is 13.4. The van der Waals surface area contributed by atoms with E-state index < -0.39 is 0 Å². The van der Waals surface area contributed by atoms with Gasteiger partial charge in [-0.3, -0.25) is 9.69 Å². The summed E-state index contributed by atoms with van der Waals surface area (Å²) in [6.45, 7) is 3.00. The smallest absolute Gasteiger partial charge is 0.215 e. The van der Waals surface area contributed by atoms with Crippen LogP contribution in [0, 0.1) is 6.92 Å². The van der Waals surface area contributed by atoms with Gasteiger partial charge in [0.05, 0.1) is 6.04 Å². The molecule has 0 aliphatic carbocycles. The largest absolute Gasteiger partial charge is 0.453 e. The average Bonchev–Trinajstić information content (AvgIpc) is 2.81. The van der Waals surface area contributed by atoms with E-state index in [0.29, 0.717) is 5.76 Å². The van der Waals surface area contributed by atoms with Gasteiger partial charge in [-0.15, -0.1) is 0 Å². The van der Waals surface area contributed by atoms with E-state index in [1.54, 1.807) is 0 Å². The molecule has 3 rings (SSSR count). The molecule has 1 aromatic carbocycles. The zero-order valence-electron chi connectivity index (χ0n) is 11.2. The van der Waals surface area contributed by atoms with Crippen molar-refractivity contribution in [3.05, 3.63) is 35.6 Å². The first-order chi connectivity index (χ1) is 9.15. The monoisotopic (exact) mass is 275 g/mol. The molecule has 0 saturated carbocycles. The predicted octanol–water partition coefficient (Wildman–Crippen LogP) is 2.97. The van der Waals surface area contributed by atoms with Gasteiger partial charge in [-0.1, -0.05) is 11.6 Å². The zero-order valence-corrected chi connectivity index (χ0v) is 12.0. The van der Waals surface area contributed by atoms with Crippen LogP contribution in [0.2, 0.25) is 0 Å². The van der Waals surface area contributed by atoms with Crippen molar-refractivity contribution in [1.29, 1.82) is 0 Å². The van der Waals surface area contributed by atoms with Gasteiger partial charge in [0.2, 0.25) is 5.78 Å². The molecule has 2 heterocycles. The highest BCUT2D eigenvalue weighted by Gasteiger charge is 2.29. The van der Waals surface area contributed by atoms with Crippen LogP contribution in [0.15, 0.2) is 28.7 Å². The van der Waals surface area contributed by atoms with Gasteiger partial charge in [0, 0.05) is 23.4 Å². The Hall–Kier alpha value is -1.26. The standard InChI is InChI=1S/C15H17NO2S/c1-10-3-4-13-11(7-10)8-14(18-13)15(17)12-9-19-6-5-16(12)2/h3-4,7-8,12H,5-6,9H2,1-2H3. The van der Waals surface area contributed by atoms with Crippen molar-refractivity contribution in [2.45, 2.75) is 13.0 Å². The van der Waals surface area contributed by atoms with Crippen LogP contribution in [-0.4, -0.2) is 41.8 Å². The quantitative estimate of drug-likeness (QED) is 0.789. The van der Waals surface area contributed by atoms with E-state index in [0.717, 1.165) is 29.0 Å². The predicted molar refractivity (Wildman–Crippen MR) is 79.0 cm³/mol. The van der Waals surface area contributed by atoms with Crippen molar-refractivity contribution in [2.24, 2.45) is 0 Å². The molecule has 3 nitrogen and oxygen atoms in total. The Kier molecular flexibility index (Phi) is 3.37. The minimum atomic E-state index is -0.0552. The molecule has 1 aromatic heterocycles. The van der Waals surface area contributed by atoms with Crippen molar-refractivity contribution < 1.29 is 9.21 Å². The number of fused-ring (bicyclic) bond motifs is 1. The summed E-state index contributed by atoms with van der Waals surface area (Å²) in [6.07, 6.45) is 0. The number of benzene rings is 1. The third-order valence-electron chi connectivity index (χ3n) is 3.61. The molecule has 0 radical (unpaired) electrons. The van der Waals surface area contributed by atoms with Crippen molar-refractivity contribution >= 4 is 28.5 Å². The molecule has 2 aromatic rings. The molecule has 1 unspecified atom stereocenters. The summed E-state index contributed by atoms with van der Waals surface area (Å²) in [5.74, 6) is 2.54. The Morgan fingerprint density at radius 1 is 1.42 bits per heavy atom. The Balaban J connectivity index is 1.92. The van der Waals surface area contributed by atoms with Gasteiger partial charge < -0.3 is 4.42 Å². The number of carbonyl (C=O) groups excluding carboxylic acids is 1. The summed E-state index contributed by atoms with van der Waals surface area (Å²) in [6, 6.07) is 7.80. The van der Waals surface area contributed by atoms with Gasteiger partial charge in [-0.2, -0.15) is 11.8 Å². The number of carbonyl (C=O) groups is 1. The molecule has 1 saturated heterocycles. The lowest BCUT2D eigenvalue weighted by Gasteiger charge is -2.30. The van der Waals surface area contributed by atoms with Crippen LogP contribution < -0.4 is 0 Å². The summed E-state index contributed by atoms with van der Waals surface area (Å²) in [7, 11) is 2.01. The molecular formula is C15H17NO2S. The first kappa shape index (κ1) is 12.8. The van der Waals surface area contributed by atoms with E-state index in [9.17, 15) is 4.79 Å². The molecule has 0 spiro atoms. The number of Topliss-reactive ketones (excluding diaryl/α,β-unsaturated/α-hetero) is 1. The lowest BCUT2D eigenvalue weighted by molar-refractivity contribution is 0.0848. The molecule has 1 aliphatic rings. The topological polar surface area (TPSA) is 33.5 Å². The van der Waals surface area contributed by atoms with Crippen LogP contribution >= 0.6 is 11.8 Å². The van der Waals surface area contributed by atoms with Gasteiger partial charge in [0.25, 0.3) is 0 Å². The molecule has 4 heteroatoms. The summed E-state index contributed by atoms with van der Waals surface area (Å²) in [5.41, 5.74) is 1.97. The van der Waals surface area contributed by atoms with Crippen LogP contribution in [0.5, 0.6) is 0 Å². The Bertz CT molecular complexity index is 620. The van der Waals surface area contributed by atoms with E-state index in [1.807, 2.05) is 43.9 Å². The maximum Gasteiger partial charge on any atom is 0.215 e. The average molecular weight is 275 g/mol. The summed E-state index contributed by atoms with van der Waals surface area (Å²) in [4.78, 5) is 14.6. The highest BCUT2D eigenvalue weighted by molar-refractivity contribution is 7.99. The van der Waals surface area contributed by atoms with Crippen LogP contribution in [-0.2, 0) is 0 Å². The second kappa shape index (κ2) is 5.02. The van der Waals surface area contributed by atoms with E-state index >= 15 is 0 Å². The van der Waals surface area contributed by atoms with Gasteiger partial charge in [0.15, 0.2) is 5.76 Å². The summed E-state index contributed by atoms with van der Waals surface area (Å²) < 4.78 is 5.70. The molecule has 0 amide bonds. The number of aryl methyl sites for hydroxylation is 1. The second-order valence-electron chi connectivity index (χ2n) is 5.09. The maximum atomic E-state index is 12.5. The third-order valence-corrected chi connectivity index (χ3v) is 4.64. The Morgan fingerprint density at radius 2 is 2.26 bits per heavy atom. The molecule has 0 N–H and O–H groups in total. The molecular weight excluding hydrogens is 258 g/mol. The van der Waals surface area contributed by atoms with Gasteiger partial charge in [-0.05, 0) is 32.2 Å². The van der Waals surface area contributed by atoms with E-state index in [-0.39, 0.29) is 11.8 Å². The highest BCUT2D eigenvalue weighted by atomic mass is 32.2. The van der Waals surface area contributed by atoms with E-state index in [2.05, 4.69) is 11.0 Å². The van der Waals surface area contributed by atoms with Crippen LogP contribution in [0.4, 0.5) is 0 Å². The number of hydrogen-bond donors (Lipinski definition) is 0. The minimum Gasteiger partial charge on any atom is -0.453 e. The van der Waals surface area contributed by atoms with Crippen LogP contribution in [0.1, 0.15) is 16.1 Å². The fourth-order valence-electron chi connectivity index (χ4n) is 2.41. The first-order valence-electron chi connectivity index (χ1n) is 6.47. The third kappa shape index (κ3) is 2.42. The number of rotatable bonds is 2. The van der Waals surface area contributed by atoms with Crippen molar-refractivity contribution in [2.75, 3.05) is 25.1 Å². The number of furan rings is 1. The van der Waals surface area contributed by atoms with Gasteiger partial charge in [0.1, 0.15) is 5.58 Å². The lowest BCUT2D eigenvalue weighted by Crippen LogP contribution is -2.44. The summed E-state index contributed by atoms with van der Waals surface area (Å²) in [5, 5.41) is 1.01. The molecule has 1 aliphatic heterocycles. The highest BCUT2D eigenvalue weighted by Crippen LogP contribution is 2.24. The van der Waals surface area contributed by atoms with Gasteiger partial charge >= 0.3 is 0 Å². The Morgan fingerprint density at radius 3 is 3.05 bits per heavy atom. The number of nitrogens with zero attached hydrogens (tertiary/aromatic N) is 1. The normalized spacial score (nSPS) is 20.8. The molecule has 19 heavy (non-hydrogen) atoms. The van der Waals surface area contributed by atoms with Crippen LogP contribution in [0.3, 0.4) is 0 Å². The molecule has 1 atom stereocenters. The molecule has 0 bridgehead atoms. The number of thioether (sulfide) groups is 1. The first-order valence-corrected chi connectivity index (χ1v) is 7.63. The van der Waals surface area contributed by atoms with Crippen molar-refractivity contribution in [3.8, 4) is 0 Å². The summed E-state index contributed by atoms with van der Waals surface area (Å²) >= 11 is 1.83. The number of likely N-dealkylation sites (N-methyl/N-ethyl adjacent to an activating group) is 1. The molecule has 100 valence electrons. The van der Waals surface area contributed by atoms with E-state index in [1.165, 1.54) is 5.56 Å². The lowest BCUT2D eigenvalue weighted by atomic mass is 10.1. The molecule has 1 fully saturated rings. The Labute approximate surface area is 117 Å². The fraction of sp³-hybridized carbons (Fsp3) is 0.400. The fourth-order valence-corrected chi connectivity index (χ4v) is 3.62. The number of ketones is 1.